The number of carbonyl (C=O) groups is 1. The molecule has 0 amide bonds. The summed E-state index contributed by atoms with van der Waals surface area (Å²) in [5.74, 6) is 0.494. The number of nitrogens with two attached hydrogens (primary N) is 1. The van der Waals surface area contributed by atoms with Crippen LogP contribution < -0.4 is 10.5 Å². The lowest BCUT2D eigenvalue weighted by molar-refractivity contribution is 0.112. The largest absolute Gasteiger partial charge is 0.339 e. The van der Waals surface area contributed by atoms with Crippen LogP contribution in [0.4, 0.5) is 11.5 Å². The molecule has 0 saturated carbocycles. The van der Waals surface area contributed by atoms with Gasteiger partial charge < -0.3 is 5.32 Å². The molecule has 5 nitrogen and oxygen atoms in total. The van der Waals surface area contributed by atoms with E-state index >= 15 is 0 Å². The number of aldehydes is 1. The molecule has 0 aliphatic carbocycles. The van der Waals surface area contributed by atoms with Crippen LogP contribution in [-0.4, -0.2) is 22.5 Å². The summed E-state index contributed by atoms with van der Waals surface area (Å²) >= 11 is 2.58. The van der Waals surface area contributed by atoms with Crippen molar-refractivity contribution in [2.75, 3.05) is 11.6 Å². The number of nitrogens with zero attached hydrogens (tertiary/aromatic N) is 2. The quantitative estimate of drug-likeness (QED) is 0.379. The van der Waals surface area contributed by atoms with Crippen molar-refractivity contribution < 1.29 is 4.79 Å². The third kappa shape index (κ3) is 3.46. The fraction of sp³-hybridized carbons (Fsp3) is 0.0833. The van der Waals surface area contributed by atoms with E-state index in [2.05, 4.69) is 15.3 Å². The lowest BCUT2D eigenvalue weighted by atomic mass is 10.3. The lowest BCUT2D eigenvalue weighted by Gasteiger charge is -2.09. The second-order valence-corrected chi connectivity index (χ2v) is 5.03. The van der Waals surface area contributed by atoms with E-state index in [-0.39, 0.29) is 0 Å². The number of aromatic nitrogens is 2. The van der Waals surface area contributed by atoms with Crippen LogP contribution in [0.5, 0.6) is 0 Å². The molecule has 0 radical (unpaired) electrons. The molecule has 2 rings (SSSR count). The van der Waals surface area contributed by atoms with Gasteiger partial charge in [-0.15, -0.1) is 0 Å². The van der Waals surface area contributed by atoms with Gasteiger partial charge in [-0.2, -0.15) is 0 Å². The first-order valence-corrected chi connectivity index (χ1v) is 7.47. The maximum Gasteiger partial charge on any atom is 0.189 e. The molecule has 98 valence electrons. The number of rotatable bonds is 5. The lowest BCUT2D eigenvalue weighted by Crippen LogP contribution is -2.01. The molecule has 0 bridgehead atoms. The Morgan fingerprint density at radius 1 is 1.42 bits per heavy atom. The molecule has 0 aliphatic rings. The highest BCUT2D eigenvalue weighted by molar-refractivity contribution is 7.98. The number of thioether (sulfide) groups is 1. The van der Waals surface area contributed by atoms with E-state index in [1.165, 1.54) is 18.0 Å². The van der Waals surface area contributed by atoms with Gasteiger partial charge in [0.05, 0.1) is 5.56 Å². The summed E-state index contributed by atoms with van der Waals surface area (Å²) in [7, 11) is 0. The third-order valence-electron chi connectivity index (χ3n) is 2.34. The van der Waals surface area contributed by atoms with E-state index in [4.69, 9.17) is 5.14 Å². The Kier molecular flexibility index (Phi) is 4.78. The maximum atomic E-state index is 11.0. The Labute approximate surface area is 119 Å². The molecule has 0 aliphatic heterocycles. The molecule has 0 unspecified atom stereocenters. The van der Waals surface area contributed by atoms with E-state index in [0.717, 1.165) is 28.8 Å². The highest BCUT2D eigenvalue weighted by atomic mass is 32.2. The van der Waals surface area contributed by atoms with E-state index in [1.807, 2.05) is 30.5 Å². The molecule has 0 spiro atoms. The molecule has 2 aromatic rings. The van der Waals surface area contributed by atoms with Gasteiger partial charge in [-0.25, -0.2) is 9.97 Å². The Morgan fingerprint density at radius 2 is 2.26 bits per heavy atom. The molecule has 3 N–H and O–H groups in total. The van der Waals surface area contributed by atoms with Crippen molar-refractivity contribution in [3.05, 3.63) is 36.0 Å². The fourth-order valence-corrected chi connectivity index (χ4v) is 2.14. The van der Waals surface area contributed by atoms with Crippen LogP contribution in [0.15, 0.2) is 40.5 Å². The molecule has 0 fully saturated rings. The summed E-state index contributed by atoms with van der Waals surface area (Å²) in [4.78, 5) is 20.3. The molecular weight excluding hydrogens is 280 g/mol. The van der Waals surface area contributed by atoms with Crippen molar-refractivity contribution in [2.24, 2.45) is 5.14 Å². The van der Waals surface area contributed by atoms with Gasteiger partial charge in [0.2, 0.25) is 0 Å². The van der Waals surface area contributed by atoms with Gasteiger partial charge in [0.25, 0.3) is 0 Å². The van der Waals surface area contributed by atoms with E-state index in [1.54, 1.807) is 0 Å². The van der Waals surface area contributed by atoms with Gasteiger partial charge in [-0.1, -0.05) is 17.8 Å². The molecule has 1 heterocycles. The predicted octanol–water partition coefficient (Wildman–Crippen LogP) is 2.72. The zero-order valence-electron chi connectivity index (χ0n) is 10.2. The highest BCUT2D eigenvalue weighted by Gasteiger charge is 2.07. The molecular formula is C12H12N4OS2. The predicted molar refractivity (Wildman–Crippen MR) is 79.0 cm³/mol. The van der Waals surface area contributed by atoms with Crippen LogP contribution in [-0.2, 0) is 0 Å². The number of nitrogens with one attached hydrogen (secondary N) is 1. The van der Waals surface area contributed by atoms with Gasteiger partial charge in [-0.05, 0) is 36.4 Å². The van der Waals surface area contributed by atoms with Crippen molar-refractivity contribution in [2.45, 2.75) is 10.1 Å². The Bertz CT molecular complexity index is 592. The summed E-state index contributed by atoms with van der Waals surface area (Å²) in [6, 6.07) is 7.56. The first kappa shape index (κ1) is 13.9. The van der Waals surface area contributed by atoms with Crippen molar-refractivity contribution in [1.82, 2.24) is 9.97 Å². The molecule has 7 heteroatoms. The van der Waals surface area contributed by atoms with Crippen LogP contribution in [0.1, 0.15) is 10.4 Å². The standard InChI is InChI=1S/C12H12N4OS2/c1-18-12-14-6-8(7-17)11(16-12)15-9-3-2-4-10(5-9)19-13/h2-7H,13H2,1H3,(H,14,15,16). The third-order valence-corrected chi connectivity index (χ3v) is 3.43. The van der Waals surface area contributed by atoms with Crippen molar-refractivity contribution in [1.29, 1.82) is 0 Å². The van der Waals surface area contributed by atoms with Gasteiger partial charge in [0.15, 0.2) is 11.4 Å². The molecule has 19 heavy (non-hydrogen) atoms. The Morgan fingerprint density at radius 3 is 2.95 bits per heavy atom. The monoisotopic (exact) mass is 292 g/mol. The Hall–Kier alpha value is -1.57. The van der Waals surface area contributed by atoms with Crippen LogP contribution in [0.25, 0.3) is 0 Å². The van der Waals surface area contributed by atoms with Crippen molar-refractivity contribution >= 4 is 41.5 Å². The minimum atomic E-state index is 0.420. The second-order valence-electron chi connectivity index (χ2n) is 3.55. The van der Waals surface area contributed by atoms with E-state index < -0.39 is 0 Å². The molecule has 1 aromatic carbocycles. The van der Waals surface area contributed by atoms with Crippen LogP contribution in [0.2, 0.25) is 0 Å². The van der Waals surface area contributed by atoms with Crippen LogP contribution in [0, 0.1) is 0 Å². The average Bonchev–Trinajstić information content (AvgIpc) is 2.47. The zero-order chi connectivity index (χ0) is 13.7. The summed E-state index contributed by atoms with van der Waals surface area (Å²) in [6.45, 7) is 0. The van der Waals surface area contributed by atoms with Crippen molar-refractivity contribution in [3.8, 4) is 0 Å². The number of anilines is 2. The molecule has 0 atom stereocenters. The normalized spacial score (nSPS) is 10.2. The fourth-order valence-electron chi connectivity index (χ4n) is 1.44. The van der Waals surface area contributed by atoms with Crippen LogP contribution >= 0.6 is 23.7 Å². The summed E-state index contributed by atoms with van der Waals surface area (Å²) in [5, 5.41) is 9.23. The Balaban J connectivity index is 2.33. The summed E-state index contributed by atoms with van der Waals surface area (Å²) in [6.07, 6.45) is 4.12. The summed E-state index contributed by atoms with van der Waals surface area (Å²) in [5.41, 5.74) is 1.24. The number of hydrogen-bond donors (Lipinski definition) is 2. The summed E-state index contributed by atoms with van der Waals surface area (Å²) < 4.78 is 0. The first-order chi connectivity index (χ1) is 9.26. The van der Waals surface area contributed by atoms with E-state index in [0.29, 0.717) is 16.5 Å². The van der Waals surface area contributed by atoms with E-state index in [9.17, 15) is 4.79 Å². The van der Waals surface area contributed by atoms with Gasteiger partial charge in [0, 0.05) is 16.8 Å². The SMILES string of the molecule is CSc1ncc(C=O)c(Nc2cccc(SN)c2)n1. The minimum Gasteiger partial charge on any atom is -0.339 e. The topological polar surface area (TPSA) is 80.9 Å². The smallest absolute Gasteiger partial charge is 0.189 e. The highest BCUT2D eigenvalue weighted by Crippen LogP contribution is 2.22. The van der Waals surface area contributed by atoms with Gasteiger partial charge in [0.1, 0.15) is 5.82 Å². The van der Waals surface area contributed by atoms with Crippen molar-refractivity contribution in [3.63, 3.8) is 0 Å². The average molecular weight is 292 g/mol. The zero-order valence-corrected chi connectivity index (χ0v) is 11.8. The number of benzene rings is 1. The maximum absolute atomic E-state index is 11.0. The van der Waals surface area contributed by atoms with Gasteiger partial charge >= 0.3 is 0 Å². The van der Waals surface area contributed by atoms with Gasteiger partial charge in [-0.3, -0.25) is 9.93 Å². The minimum absolute atomic E-state index is 0.420. The van der Waals surface area contributed by atoms with Crippen LogP contribution in [0.3, 0.4) is 0 Å². The number of carbonyl (C=O) groups excluding carboxylic acids is 1. The molecule has 1 aromatic heterocycles. The number of hydrogen-bond acceptors (Lipinski definition) is 7. The second kappa shape index (κ2) is 6.55. The first-order valence-electron chi connectivity index (χ1n) is 5.37. The molecule has 0 saturated heterocycles.